The molecule has 8 heteroatoms. The summed E-state index contributed by atoms with van der Waals surface area (Å²) in [6, 6.07) is 24.8. The molecule has 1 N–H and O–H groups in total. The molecule has 0 aromatic heterocycles. The van der Waals surface area contributed by atoms with Gasteiger partial charge in [0.25, 0.3) is 11.8 Å². The molecule has 2 aliphatic heterocycles. The molecule has 2 fully saturated rings. The van der Waals surface area contributed by atoms with Crippen LogP contribution in [0.1, 0.15) is 28.8 Å². The number of halogens is 1. The van der Waals surface area contributed by atoms with Crippen molar-refractivity contribution >= 4 is 45.0 Å². The van der Waals surface area contributed by atoms with E-state index in [1.54, 1.807) is 4.90 Å². The highest BCUT2D eigenvalue weighted by molar-refractivity contribution is 9.10. The van der Waals surface area contributed by atoms with Crippen molar-refractivity contribution < 1.29 is 14.4 Å². The Bertz CT molecular complexity index is 1320. The number of benzene rings is 3. The van der Waals surface area contributed by atoms with Crippen LogP contribution >= 0.6 is 15.9 Å². The molecule has 2 aliphatic rings. The number of para-hydroxylation sites is 1. The van der Waals surface area contributed by atoms with Crippen LogP contribution in [0.5, 0.6) is 0 Å². The van der Waals surface area contributed by atoms with Crippen molar-refractivity contribution in [3.63, 3.8) is 0 Å². The molecule has 3 aromatic carbocycles. The van der Waals surface area contributed by atoms with Crippen molar-refractivity contribution in [2.45, 2.75) is 25.3 Å². The predicted molar refractivity (Wildman–Crippen MR) is 147 cm³/mol. The average molecular weight is 561 g/mol. The van der Waals surface area contributed by atoms with Crippen molar-refractivity contribution in [3.05, 3.63) is 94.5 Å². The summed E-state index contributed by atoms with van der Waals surface area (Å²) in [5.74, 6) is -0.334. The minimum atomic E-state index is -0.793. The van der Waals surface area contributed by atoms with E-state index >= 15 is 0 Å². The normalized spacial score (nSPS) is 16.8. The molecule has 190 valence electrons. The fraction of sp³-hybridized carbons (Fsp3) is 0.276. The summed E-state index contributed by atoms with van der Waals surface area (Å²) in [5.41, 5.74) is 2.53. The number of rotatable bonds is 5. The van der Waals surface area contributed by atoms with Gasteiger partial charge in [-0.15, -0.1) is 0 Å². The zero-order valence-corrected chi connectivity index (χ0v) is 22.3. The first kappa shape index (κ1) is 25.0. The van der Waals surface area contributed by atoms with E-state index in [1.165, 1.54) is 0 Å². The van der Waals surface area contributed by atoms with Crippen molar-refractivity contribution in [2.75, 3.05) is 36.5 Å². The van der Waals surface area contributed by atoms with Crippen molar-refractivity contribution in [3.8, 4) is 0 Å². The molecule has 0 saturated carbocycles. The molecule has 2 heterocycles. The van der Waals surface area contributed by atoms with Gasteiger partial charge >= 0.3 is 0 Å². The lowest BCUT2D eigenvalue weighted by atomic mass is 9.85. The first-order valence-corrected chi connectivity index (χ1v) is 13.2. The van der Waals surface area contributed by atoms with E-state index in [1.807, 2.05) is 90.7 Å². The van der Waals surface area contributed by atoms with Crippen LogP contribution in [0, 0.1) is 6.92 Å². The first-order valence-electron chi connectivity index (χ1n) is 12.4. The Morgan fingerprint density at radius 3 is 2.38 bits per heavy atom. The Hall–Kier alpha value is -3.65. The molecule has 3 aromatic rings. The molecule has 3 amide bonds. The summed E-state index contributed by atoms with van der Waals surface area (Å²) in [4.78, 5) is 45.5. The van der Waals surface area contributed by atoms with Crippen LogP contribution < -0.4 is 10.2 Å². The zero-order valence-electron chi connectivity index (χ0n) is 20.7. The topological polar surface area (TPSA) is 73.0 Å². The fourth-order valence-electron chi connectivity index (χ4n) is 5.30. The lowest BCUT2D eigenvalue weighted by molar-refractivity contribution is -0.136. The summed E-state index contributed by atoms with van der Waals surface area (Å²) in [7, 11) is 0. The van der Waals surface area contributed by atoms with Gasteiger partial charge in [-0.05, 0) is 67.8 Å². The Labute approximate surface area is 225 Å². The largest absolute Gasteiger partial charge is 0.339 e. The van der Waals surface area contributed by atoms with E-state index < -0.39 is 5.54 Å². The Balaban J connectivity index is 1.34. The van der Waals surface area contributed by atoms with Gasteiger partial charge in [-0.1, -0.05) is 52.3 Å². The number of hydrogen-bond acceptors (Lipinski definition) is 4. The number of piperidine rings is 1. The van der Waals surface area contributed by atoms with E-state index in [0.29, 0.717) is 43.9 Å². The van der Waals surface area contributed by atoms with Gasteiger partial charge in [0.1, 0.15) is 12.1 Å². The maximum atomic E-state index is 13.9. The summed E-state index contributed by atoms with van der Waals surface area (Å²) < 4.78 is 0.854. The minimum Gasteiger partial charge on any atom is -0.339 e. The second-order valence-electron chi connectivity index (χ2n) is 9.66. The molecule has 5 rings (SSSR count). The highest BCUT2D eigenvalue weighted by atomic mass is 79.9. The SMILES string of the molecule is Cc1cccc(NC(=O)CN2CN(c3ccccc3)C3(CCN(C(=O)c4cccc(Br)c4)CC3)C2=O)c1. The van der Waals surface area contributed by atoms with Crippen LogP contribution in [0.4, 0.5) is 11.4 Å². The zero-order chi connectivity index (χ0) is 26.0. The van der Waals surface area contributed by atoms with E-state index in [0.717, 1.165) is 15.7 Å². The number of hydrogen-bond donors (Lipinski definition) is 1. The summed E-state index contributed by atoms with van der Waals surface area (Å²) >= 11 is 3.43. The molecule has 2 saturated heterocycles. The molecule has 0 bridgehead atoms. The molecular formula is C29H29BrN4O3. The number of anilines is 2. The molecular weight excluding hydrogens is 532 g/mol. The van der Waals surface area contributed by atoms with Crippen molar-refractivity contribution in [1.82, 2.24) is 9.80 Å². The smallest absolute Gasteiger partial charge is 0.253 e. The number of aryl methyl sites for hydroxylation is 1. The predicted octanol–water partition coefficient (Wildman–Crippen LogP) is 4.68. The van der Waals surface area contributed by atoms with Crippen molar-refractivity contribution in [1.29, 1.82) is 0 Å². The third kappa shape index (κ3) is 5.11. The lowest BCUT2D eigenvalue weighted by Gasteiger charge is -2.43. The first-order chi connectivity index (χ1) is 17.9. The number of carbonyl (C=O) groups is 3. The van der Waals surface area contributed by atoms with Crippen LogP contribution in [0.25, 0.3) is 0 Å². The number of amides is 3. The van der Waals surface area contributed by atoms with Crippen LogP contribution in [0.15, 0.2) is 83.3 Å². The van der Waals surface area contributed by atoms with Gasteiger partial charge in [0.05, 0.1) is 6.67 Å². The second-order valence-corrected chi connectivity index (χ2v) is 10.6. The lowest BCUT2D eigenvalue weighted by Crippen LogP contribution is -2.57. The van der Waals surface area contributed by atoms with E-state index in [9.17, 15) is 14.4 Å². The van der Waals surface area contributed by atoms with Crippen LogP contribution in [0.2, 0.25) is 0 Å². The highest BCUT2D eigenvalue weighted by Crippen LogP contribution is 2.39. The highest BCUT2D eigenvalue weighted by Gasteiger charge is 2.54. The van der Waals surface area contributed by atoms with Crippen LogP contribution in [0.3, 0.4) is 0 Å². The van der Waals surface area contributed by atoms with Gasteiger partial charge < -0.3 is 20.0 Å². The maximum Gasteiger partial charge on any atom is 0.253 e. The average Bonchev–Trinajstić information content (AvgIpc) is 3.15. The van der Waals surface area contributed by atoms with Gasteiger partial charge in [0, 0.05) is 34.5 Å². The van der Waals surface area contributed by atoms with Gasteiger partial charge in [-0.2, -0.15) is 0 Å². The third-order valence-corrected chi connectivity index (χ3v) is 7.66. The quantitative estimate of drug-likeness (QED) is 0.492. The summed E-state index contributed by atoms with van der Waals surface area (Å²) in [6.45, 7) is 3.19. The standard InChI is InChI=1S/C29H29BrN4O3/c1-21-7-5-10-24(17-21)31-26(35)19-33-20-34(25-11-3-2-4-12-25)29(28(33)37)13-15-32(16-14-29)27(36)22-8-6-9-23(30)18-22/h2-12,17-18H,13-16,19-20H2,1H3,(H,31,35). The molecule has 7 nitrogen and oxygen atoms in total. The molecule has 0 aliphatic carbocycles. The maximum absolute atomic E-state index is 13.9. The Kier molecular flexibility index (Phi) is 7.02. The molecule has 37 heavy (non-hydrogen) atoms. The number of likely N-dealkylation sites (tertiary alicyclic amines) is 1. The number of nitrogens with one attached hydrogen (secondary N) is 1. The number of carbonyl (C=O) groups excluding carboxylic acids is 3. The summed E-state index contributed by atoms with van der Waals surface area (Å²) in [6.07, 6.45) is 0.993. The van der Waals surface area contributed by atoms with E-state index in [-0.39, 0.29) is 24.3 Å². The van der Waals surface area contributed by atoms with Gasteiger partial charge in [0.2, 0.25) is 5.91 Å². The summed E-state index contributed by atoms with van der Waals surface area (Å²) in [5, 5.41) is 2.91. The minimum absolute atomic E-state index is 0.0292. The Morgan fingerprint density at radius 1 is 0.946 bits per heavy atom. The van der Waals surface area contributed by atoms with Gasteiger partial charge in [-0.3, -0.25) is 14.4 Å². The van der Waals surface area contributed by atoms with Crippen LogP contribution in [-0.2, 0) is 9.59 Å². The molecule has 1 spiro atoms. The van der Waals surface area contributed by atoms with Gasteiger partial charge in [-0.25, -0.2) is 0 Å². The van der Waals surface area contributed by atoms with E-state index in [4.69, 9.17) is 0 Å². The molecule has 0 atom stereocenters. The van der Waals surface area contributed by atoms with Gasteiger partial charge in [0.15, 0.2) is 0 Å². The molecule has 0 unspecified atom stereocenters. The molecule has 0 radical (unpaired) electrons. The van der Waals surface area contributed by atoms with Crippen LogP contribution in [-0.4, -0.2) is 59.4 Å². The Morgan fingerprint density at radius 2 is 1.68 bits per heavy atom. The number of nitrogens with zero attached hydrogens (tertiary/aromatic N) is 3. The third-order valence-electron chi connectivity index (χ3n) is 7.17. The van der Waals surface area contributed by atoms with Crippen molar-refractivity contribution in [2.24, 2.45) is 0 Å². The monoisotopic (exact) mass is 560 g/mol. The second kappa shape index (κ2) is 10.4. The van der Waals surface area contributed by atoms with E-state index in [2.05, 4.69) is 26.1 Å². The fourth-order valence-corrected chi connectivity index (χ4v) is 5.70.